The number of nitrogens with one attached hydrogen (secondary N) is 1. The summed E-state index contributed by atoms with van der Waals surface area (Å²) in [4.78, 5) is 11.4. The Labute approximate surface area is 123 Å². The Balaban J connectivity index is 2.33. The Morgan fingerprint density at radius 2 is 2.05 bits per heavy atom. The normalized spacial score (nSPS) is 12.4. The molecule has 0 saturated carbocycles. The number of hydrogen-bond donors (Lipinski definition) is 1. The van der Waals surface area contributed by atoms with E-state index in [4.69, 9.17) is 4.74 Å². The highest BCUT2D eigenvalue weighted by molar-refractivity contribution is 7.86. The minimum absolute atomic E-state index is 0.0792. The van der Waals surface area contributed by atoms with Gasteiger partial charge in [-0.2, -0.15) is 8.42 Å². The lowest BCUT2D eigenvalue weighted by Gasteiger charge is -2.12. The van der Waals surface area contributed by atoms with Gasteiger partial charge in [0.1, 0.15) is 12.7 Å². The Morgan fingerprint density at radius 3 is 2.60 bits per heavy atom. The van der Waals surface area contributed by atoms with E-state index in [2.05, 4.69) is 21.7 Å². The second kappa shape index (κ2) is 7.93. The molecule has 1 amide bonds. The molecule has 0 bridgehead atoms. The molecule has 110 valence electrons. The van der Waals surface area contributed by atoms with Gasteiger partial charge in [-0.25, -0.2) is 4.79 Å². The summed E-state index contributed by atoms with van der Waals surface area (Å²) < 4.78 is 31.4. The second-order valence-electron chi connectivity index (χ2n) is 3.92. The van der Waals surface area contributed by atoms with E-state index in [1.54, 1.807) is 0 Å². The SMILES string of the molecule is CS(=O)(=O)OC(C=S)CNC(=O)OCc1ccccc1. The number of hydrogen-bond acceptors (Lipinski definition) is 6. The lowest BCUT2D eigenvalue weighted by atomic mass is 10.2. The number of thiocarbonyl (C=S) groups is 1. The van der Waals surface area contributed by atoms with Gasteiger partial charge in [0.05, 0.1) is 12.8 Å². The fraction of sp³-hybridized carbons (Fsp3) is 0.333. The van der Waals surface area contributed by atoms with Gasteiger partial charge in [-0.05, 0) is 5.56 Å². The van der Waals surface area contributed by atoms with Crippen molar-refractivity contribution >= 4 is 33.8 Å². The summed E-state index contributed by atoms with van der Waals surface area (Å²) in [7, 11) is -3.63. The molecule has 1 unspecified atom stereocenters. The van der Waals surface area contributed by atoms with E-state index in [1.807, 2.05) is 30.3 Å². The van der Waals surface area contributed by atoms with Crippen LogP contribution < -0.4 is 5.32 Å². The van der Waals surface area contributed by atoms with E-state index in [1.165, 1.54) is 0 Å². The number of carbonyl (C=O) groups excluding carboxylic acids is 1. The Hall–Kier alpha value is -1.51. The predicted octanol–water partition coefficient (Wildman–Crippen LogP) is 1.26. The zero-order valence-corrected chi connectivity index (χ0v) is 12.4. The smallest absolute Gasteiger partial charge is 0.407 e. The van der Waals surface area contributed by atoms with Gasteiger partial charge in [-0.1, -0.05) is 42.5 Å². The lowest BCUT2D eigenvalue weighted by molar-refractivity contribution is 0.136. The molecular formula is C12H15NO5S2. The number of alkyl carbamates (subject to hydrolysis) is 1. The van der Waals surface area contributed by atoms with Gasteiger partial charge in [0.2, 0.25) is 0 Å². The third kappa shape index (κ3) is 7.17. The van der Waals surface area contributed by atoms with Crippen molar-refractivity contribution in [2.75, 3.05) is 12.8 Å². The van der Waals surface area contributed by atoms with Gasteiger partial charge < -0.3 is 10.1 Å². The van der Waals surface area contributed by atoms with Crippen LogP contribution in [0.15, 0.2) is 30.3 Å². The first kappa shape index (κ1) is 16.5. The number of carbonyl (C=O) groups is 1. The molecule has 0 saturated heterocycles. The molecule has 0 fully saturated rings. The van der Waals surface area contributed by atoms with Gasteiger partial charge in [-0.15, -0.1) is 0 Å². The summed E-state index contributed by atoms with van der Waals surface area (Å²) in [5.41, 5.74) is 0.849. The molecule has 0 spiro atoms. The molecule has 1 aromatic carbocycles. The molecule has 8 heteroatoms. The molecule has 6 nitrogen and oxygen atoms in total. The van der Waals surface area contributed by atoms with Crippen molar-refractivity contribution in [1.82, 2.24) is 5.32 Å². The van der Waals surface area contributed by atoms with Gasteiger partial charge in [0.25, 0.3) is 10.1 Å². The first-order valence-electron chi connectivity index (χ1n) is 5.69. The van der Waals surface area contributed by atoms with E-state index in [9.17, 15) is 13.2 Å². The monoisotopic (exact) mass is 317 g/mol. The molecule has 0 aliphatic rings. The fourth-order valence-electron chi connectivity index (χ4n) is 1.29. The molecule has 1 atom stereocenters. The highest BCUT2D eigenvalue weighted by Gasteiger charge is 2.14. The van der Waals surface area contributed by atoms with Crippen molar-refractivity contribution in [2.45, 2.75) is 12.7 Å². The highest BCUT2D eigenvalue weighted by atomic mass is 32.2. The number of benzene rings is 1. The Kier molecular flexibility index (Phi) is 6.56. The first-order valence-corrected chi connectivity index (χ1v) is 7.97. The maximum absolute atomic E-state index is 11.4. The summed E-state index contributed by atoms with van der Waals surface area (Å²) in [5, 5.41) is 3.50. The van der Waals surface area contributed by atoms with Crippen molar-refractivity contribution in [2.24, 2.45) is 0 Å². The molecule has 1 rings (SSSR count). The molecule has 0 aliphatic heterocycles. The molecule has 0 radical (unpaired) electrons. The zero-order chi connectivity index (χ0) is 15.0. The Bertz CT molecular complexity index is 544. The van der Waals surface area contributed by atoms with Gasteiger partial charge in [-0.3, -0.25) is 4.18 Å². The van der Waals surface area contributed by atoms with E-state index in [-0.39, 0.29) is 13.2 Å². The molecule has 0 aromatic heterocycles. The first-order chi connectivity index (χ1) is 9.40. The minimum Gasteiger partial charge on any atom is -0.445 e. The van der Waals surface area contributed by atoms with Crippen LogP contribution in [0.3, 0.4) is 0 Å². The predicted molar refractivity (Wildman–Crippen MR) is 78.0 cm³/mol. The van der Waals surface area contributed by atoms with Crippen molar-refractivity contribution in [3.05, 3.63) is 35.9 Å². The van der Waals surface area contributed by atoms with Crippen LogP contribution in [0.25, 0.3) is 0 Å². The van der Waals surface area contributed by atoms with Gasteiger partial charge >= 0.3 is 6.09 Å². The van der Waals surface area contributed by atoms with Gasteiger partial charge in [0, 0.05) is 5.37 Å². The largest absolute Gasteiger partial charge is 0.445 e. The van der Waals surface area contributed by atoms with Crippen LogP contribution in [0.4, 0.5) is 4.79 Å². The van der Waals surface area contributed by atoms with Crippen LogP contribution in [0.1, 0.15) is 5.56 Å². The van der Waals surface area contributed by atoms with Crippen LogP contribution >= 0.6 is 12.2 Å². The summed E-state index contributed by atoms with van der Waals surface area (Å²) in [6.45, 7) is 0.0477. The third-order valence-electron chi connectivity index (χ3n) is 2.11. The van der Waals surface area contributed by atoms with E-state index in [0.717, 1.165) is 17.2 Å². The van der Waals surface area contributed by atoms with Gasteiger partial charge in [0.15, 0.2) is 0 Å². The molecule has 0 heterocycles. The van der Waals surface area contributed by atoms with Crippen LogP contribution in [-0.4, -0.2) is 38.8 Å². The standard InChI is InChI=1S/C12H15NO5S2/c1-20(15,16)18-11(9-19)7-13-12(14)17-8-10-5-3-2-4-6-10/h2-6,9,11H,7-8H2,1H3,(H,13,14). The van der Waals surface area contributed by atoms with Crippen LogP contribution in [-0.2, 0) is 25.6 Å². The van der Waals surface area contributed by atoms with Crippen LogP contribution in [0, 0.1) is 0 Å². The van der Waals surface area contributed by atoms with Crippen LogP contribution in [0.2, 0.25) is 0 Å². The quantitative estimate of drug-likeness (QED) is 0.602. The number of ether oxygens (including phenoxy) is 1. The van der Waals surface area contributed by atoms with E-state index in [0.29, 0.717) is 0 Å². The molecule has 1 N–H and O–H groups in total. The molecule has 0 aliphatic carbocycles. The summed E-state index contributed by atoms with van der Waals surface area (Å²) in [6, 6.07) is 9.16. The Morgan fingerprint density at radius 1 is 1.40 bits per heavy atom. The average molecular weight is 317 g/mol. The summed E-state index contributed by atoms with van der Waals surface area (Å²) >= 11 is 4.63. The average Bonchev–Trinajstić information content (AvgIpc) is 2.41. The topological polar surface area (TPSA) is 81.7 Å². The van der Waals surface area contributed by atoms with Crippen molar-refractivity contribution in [3.8, 4) is 0 Å². The molecule has 20 heavy (non-hydrogen) atoms. The minimum atomic E-state index is -3.63. The molecule has 1 aromatic rings. The maximum Gasteiger partial charge on any atom is 0.407 e. The summed E-state index contributed by atoms with van der Waals surface area (Å²) in [5.74, 6) is 0. The second-order valence-corrected chi connectivity index (χ2v) is 5.79. The van der Waals surface area contributed by atoms with E-state index >= 15 is 0 Å². The number of amides is 1. The highest BCUT2D eigenvalue weighted by Crippen LogP contribution is 2.01. The number of rotatable bonds is 7. The van der Waals surface area contributed by atoms with Crippen LogP contribution in [0.5, 0.6) is 0 Å². The van der Waals surface area contributed by atoms with Crippen molar-refractivity contribution < 1.29 is 22.1 Å². The van der Waals surface area contributed by atoms with E-state index < -0.39 is 22.3 Å². The lowest BCUT2D eigenvalue weighted by Crippen LogP contribution is -2.35. The zero-order valence-electron chi connectivity index (χ0n) is 10.8. The maximum atomic E-state index is 11.4. The van der Waals surface area contributed by atoms with Crippen molar-refractivity contribution in [3.63, 3.8) is 0 Å². The fourth-order valence-corrected chi connectivity index (χ4v) is 2.08. The summed E-state index contributed by atoms with van der Waals surface area (Å²) in [6.07, 6.45) is -0.663. The van der Waals surface area contributed by atoms with Crippen molar-refractivity contribution in [1.29, 1.82) is 0 Å². The third-order valence-corrected chi connectivity index (χ3v) is 3.01. The molecular weight excluding hydrogens is 302 g/mol.